The molecule has 0 bridgehead atoms. The SMILES string of the molecule is Cc1ccnc(NS(=O)(=O)c2c(C(C)C)cc(C(C)C)cc2C(C)C)c1. The molecule has 1 aromatic heterocycles. The van der Waals surface area contributed by atoms with Gasteiger partial charge in [-0.3, -0.25) is 4.72 Å². The second-order valence-electron chi connectivity index (χ2n) is 7.82. The summed E-state index contributed by atoms with van der Waals surface area (Å²) in [5, 5.41) is 0. The molecule has 1 heterocycles. The summed E-state index contributed by atoms with van der Waals surface area (Å²) in [6.45, 7) is 14.3. The number of benzene rings is 1. The average Bonchev–Trinajstić information content (AvgIpc) is 2.52. The maximum absolute atomic E-state index is 13.3. The highest BCUT2D eigenvalue weighted by Crippen LogP contribution is 2.35. The van der Waals surface area contributed by atoms with Crippen LogP contribution in [0.2, 0.25) is 0 Å². The van der Waals surface area contributed by atoms with Crippen LogP contribution >= 0.6 is 0 Å². The van der Waals surface area contributed by atoms with Gasteiger partial charge in [0, 0.05) is 6.20 Å². The quantitative estimate of drug-likeness (QED) is 0.720. The van der Waals surface area contributed by atoms with Gasteiger partial charge in [0.05, 0.1) is 4.90 Å². The van der Waals surface area contributed by atoms with Crippen LogP contribution in [0, 0.1) is 6.92 Å². The molecule has 0 saturated carbocycles. The first-order chi connectivity index (χ1) is 12.0. The highest BCUT2D eigenvalue weighted by molar-refractivity contribution is 7.92. The van der Waals surface area contributed by atoms with Crippen LogP contribution in [0.15, 0.2) is 35.4 Å². The number of aromatic nitrogens is 1. The van der Waals surface area contributed by atoms with Gasteiger partial charge < -0.3 is 0 Å². The first-order valence-electron chi connectivity index (χ1n) is 9.16. The zero-order valence-corrected chi connectivity index (χ0v) is 17.6. The summed E-state index contributed by atoms with van der Waals surface area (Å²) >= 11 is 0. The van der Waals surface area contributed by atoms with Crippen LogP contribution in [0.3, 0.4) is 0 Å². The van der Waals surface area contributed by atoms with Crippen molar-refractivity contribution in [2.24, 2.45) is 0 Å². The lowest BCUT2D eigenvalue weighted by Crippen LogP contribution is -2.19. The van der Waals surface area contributed by atoms with Crippen LogP contribution in [0.5, 0.6) is 0 Å². The molecule has 0 spiro atoms. The molecule has 0 saturated heterocycles. The predicted molar refractivity (Wildman–Crippen MR) is 108 cm³/mol. The molecule has 4 nitrogen and oxygen atoms in total. The molecule has 0 unspecified atom stereocenters. The third-order valence-electron chi connectivity index (χ3n) is 4.50. The zero-order valence-electron chi connectivity index (χ0n) is 16.8. The van der Waals surface area contributed by atoms with E-state index < -0.39 is 10.0 Å². The summed E-state index contributed by atoms with van der Waals surface area (Å²) in [6.07, 6.45) is 1.61. The van der Waals surface area contributed by atoms with Crippen LogP contribution in [-0.2, 0) is 10.0 Å². The summed E-state index contributed by atoms with van der Waals surface area (Å²) in [7, 11) is -3.74. The van der Waals surface area contributed by atoms with Crippen molar-refractivity contribution in [3.8, 4) is 0 Å². The van der Waals surface area contributed by atoms with E-state index in [1.54, 1.807) is 12.3 Å². The van der Waals surface area contributed by atoms with Gasteiger partial charge in [-0.15, -0.1) is 0 Å². The number of hydrogen-bond acceptors (Lipinski definition) is 3. The van der Waals surface area contributed by atoms with Crippen LogP contribution < -0.4 is 4.72 Å². The number of hydrogen-bond donors (Lipinski definition) is 1. The van der Waals surface area contributed by atoms with Gasteiger partial charge in [0.2, 0.25) is 0 Å². The van der Waals surface area contributed by atoms with Crippen molar-refractivity contribution in [3.05, 3.63) is 52.7 Å². The van der Waals surface area contributed by atoms with Crippen molar-refractivity contribution in [2.75, 3.05) is 4.72 Å². The number of aryl methyl sites for hydroxylation is 1. The number of nitrogens with one attached hydrogen (secondary N) is 1. The van der Waals surface area contributed by atoms with Gasteiger partial charge in [-0.2, -0.15) is 0 Å². The normalized spacial score (nSPS) is 12.2. The molecule has 26 heavy (non-hydrogen) atoms. The fourth-order valence-corrected chi connectivity index (χ4v) is 4.68. The third kappa shape index (κ3) is 4.44. The highest BCUT2D eigenvalue weighted by atomic mass is 32.2. The average molecular weight is 375 g/mol. The maximum atomic E-state index is 13.3. The second-order valence-corrected chi connectivity index (χ2v) is 9.44. The number of pyridine rings is 1. The van der Waals surface area contributed by atoms with Crippen molar-refractivity contribution < 1.29 is 8.42 Å². The number of sulfonamides is 1. The molecule has 142 valence electrons. The largest absolute Gasteiger partial charge is 0.263 e. The van der Waals surface area contributed by atoms with E-state index in [-0.39, 0.29) is 11.8 Å². The minimum atomic E-state index is -3.74. The topological polar surface area (TPSA) is 59.1 Å². The fraction of sp³-hybridized carbons (Fsp3) is 0.476. The Bertz CT molecular complexity index is 856. The van der Waals surface area contributed by atoms with Crippen molar-refractivity contribution >= 4 is 15.8 Å². The molecule has 0 aliphatic carbocycles. The Morgan fingerprint density at radius 2 is 1.42 bits per heavy atom. The molecule has 1 aromatic carbocycles. The molecule has 0 amide bonds. The van der Waals surface area contributed by atoms with Crippen molar-refractivity contribution in [1.29, 1.82) is 0 Å². The van der Waals surface area contributed by atoms with Crippen molar-refractivity contribution in [3.63, 3.8) is 0 Å². The lowest BCUT2D eigenvalue weighted by atomic mass is 9.89. The van der Waals surface area contributed by atoms with E-state index in [0.717, 1.165) is 16.7 Å². The molecule has 1 N–H and O–H groups in total. The molecular formula is C21H30N2O2S. The molecule has 0 radical (unpaired) electrons. The molecular weight excluding hydrogens is 344 g/mol. The fourth-order valence-electron chi connectivity index (χ4n) is 2.98. The standard InChI is InChI=1S/C21H30N2O2S/c1-13(2)17-11-18(14(3)4)21(19(12-17)15(5)6)26(24,25)23-20-10-16(7)8-9-22-20/h8-15H,1-7H3,(H,22,23). The first kappa shape index (κ1) is 20.4. The summed E-state index contributed by atoms with van der Waals surface area (Å²) in [5.41, 5.74) is 3.85. The van der Waals surface area contributed by atoms with Gasteiger partial charge in [0.15, 0.2) is 0 Å². The van der Waals surface area contributed by atoms with Gasteiger partial charge >= 0.3 is 0 Å². The van der Waals surface area contributed by atoms with Gasteiger partial charge in [0.25, 0.3) is 10.0 Å². The van der Waals surface area contributed by atoms with E-state index >= 15 is 0 Å². The Kier molecular flexibility index (Phi) is 6.12. The molecule has 0 atom stereocenters. The Morgan fingerprint density at radius 1 is 0.885 bits per heavy atom. The third-order valence-corrected chi connectivity index (χ3v) is 5.99. The zero-order chi connectivity index (χ0) is 19.6. The van der Waals surface area contributed by atoms with Crippen LogP contribution in [0.4, 0.5) is 5.82 Å². The van der Waals surface area contributed by atoms with E-state index in [4.69, 9.17) is 0 Å². The predicted octanol–water partition coefficient (Wildman–Crippen LogP) is 5.56. The van der Waals surface area contributed by atoms with E-state index in [2.05, 4.69) is 23.6 Å². The van der Waals surface area contributed by atoms with E-state index in [1.165, 1.54) is 5.56 Å². The molecule has 0 aliphatic rings. The monoisotopic (exact) mass is 374 g/mol. The van der Waals surface area contributed by atoms with Crippen LogP contribution in [-0.4, -0.2) is 13.4 Å². The molecule has 5 heteroatoms. The number of anilines is 1. The summed E-state index contributed by atoms with van der Waals surface area (Å²) in [5.74, 6) is 0.891. The van der Waals surface area contributed by atoms with Crippen LogP contribution in [0.25, 0.3) is 0 Å². The van der Waals surface area contributed by atoms with E-state index in [1.807, 2.05) is 52.8 Å². The summed E-state index contributed by atoms with van der Waals surface area (Å²) in [4.78, 5) is 4.55. The maximum Gasteiger partial charge on any atom is 0.263 e. The Hall–Kier alpha value is -1.88. The minimum Gasteiger partial charge on any atom is -0.263 e. The molecule has 0 fully saturated rings. The molecule has 2 aromatic rings. The lowest BCUT2D eigenvalue weighted by molar-refractivity contribution is 0.595. The molecule has 2 rings (SSSR count). The number of rotatable bonds is 6. The van der Waals surface area contributed by atoms with Gasteiger partial charge in [-0.1, -0.05) is 53.7 Å². The van der Waals surface area contributed by atoms with E-state index in [9.17, 15) is 8.42 Å². The van der Waals surface area contributed by atoms with Crippen molar-refractivity contribution in [1.82, 2.24) is 4.98 Å². The van der Waals surface area contributed by atoms with Crippen LogP contribution in [0.1, 0.15) is 81.5 Å². The Labute approximate surface area is 158 Å². The summed E-state index contributed by atoms with van der Waals surface area (Å²) in [6, 6.07) is 7.66. The first-order valence-corrected chi connectivity index (χ1v) is 10.6. The highest BCUT2D eigenvalue weighted by Gasteiger charge is 2.27. The smallest absolute Gasteiger partial charge is 0.263 e. The van der Waals surface area contributed by atoms with Gasteiger partial charge in [0.1, 0.15) is 5.82 Å². The van der Waals surface area contributed by atoms with Gasteiger partial charge in [-0.25, -0.2) is 13.4 Å². The van der Waals surface area contributed by atoms with Gasteiger partial charge in [-0.05, 0) is 59.1 Å². The summed E-state index contributed by atoms with van der Waals surface area (Å²) < 4.78 is 29.3. The molecule has 0 aliphatic heterocycles. The minimum absolute atomic E-state index is 0.100. The second kappa shape index (κ2) is 7.78. The van der Waals surface area contributed by atoms with E-state index in [0.29, 0.717) is 16.6 Å². The lowest BCUT2D eigenvalue weighted by Gasteiger charge is -2.23. The Balaban J connectivity index is 2.69. The Morgan fingerprint density at radius 3 is 1.85 bits per heavy atom. The van der Waals surface area contributed by atoms with Crippen molar-refractivity contribution in [2.45, 2.75) is 71.1 Å². The number of nitrogens with zero attached hydrogens (tertiary/aromatic N) is 1.